The molecule has 0 spiro atoms. The summed E-state index contributed by atoms with van der Waals surface area (Å²) in [4.78, 5) is 3.81. The Hall–Kier alpha value is -0.970. The van der Waals surface area contributed by atoms with Gasteiger partial charge < -0.3 is 10.3 Å². The van der Waals surface area contributed by atoms with Crippen LogP contribution in [0.15, 0.2) is 12.4 Å². The van der Waals surface area contributed by atoms with Crippen LogP contribution in [-0.2, 0) is 6.54 Å². The average molecular weight is 189 g/mol. The summed E-state index contributed by atoms with van der Waals surface area (Å²) in [5.74, 6) is 0.261. The van der Waals surface area contributed by atoms with Gasteiger partial charge in [-0.3, -0.25) is 0 Å². The Morgan fingerprint density at radius 1 is 1.62 bits per heavy atom. The highest BCUT2D eigenvalue weighted by Gasteiger charge is 2.21. The molecule has 0 saturated carbocycles. The van der Waals surface area contributed by atoms with Crippen LogP contribution in [0.5, 0.6) is 0 Å². The van der Waals surface area contributed by atoms with Gasteiger partial charge in [0.15, 0.2) is 0 Å². The van der Waals surface area contributed by atoms with Gasteiger partial charge in [-0.15, -0.1) is 0 Å². The highest BCUT2D eigenvalue weighted by molar-refractivity contribution is 4.99. The summed E-state index contributed by atoms with van der Waals surface area (Å²) >= 11 is 0. The van der Waals surface area contributed by atoms with Crippen LogP contribution in [0.2, 0.25) is 0 Å². The maximum absolute atomic E-state index is 12.2. The molecule has 1 atom stereocenters. The van der Waals surface area contributed by atoms with Crippen molar-refractivity contribution in [3.05, 3.63) is 18.2 Å². The molecular formula is C8H13F2N3. The highest BCUT2D eigenvalue weighted by Crippen LogP contribution is 2.16. The van der Waals surface area contributed by atoms with E-state index in [-0.39, 0.29) is 5.82 Å². The molecule has 0 radical (unpaired) electrons. The Bertz CT molecular complexity index is 260. The summed E-state index contributed by atoms with van der Waals surface area (Å²) in [5.41, 5.74) is 5.28. The van der Waals surface area contributed by atoms with Gasteiger partial charge in [0.25, 0.3) is 6.43 Å². The van der Waals surface area contributed by atoms with Crippen LogP contribution in [0.1, 0.15) is 25.2 Å². The molecule has 0 bridgehead atoms. The fourth-order valence-corrected chi connectivity index (χ4v) is 1.16. The maximum atomic E-state index is 12.2. The van der Waals surface area contributed by atoms with Gasteiger partial charge in [0.1, 0.15) is 11.9 Å². The smallest absolute Gasteiger partial charge is 0.260 e. The summed E-state index contributed by atoms with van der Waals surface area (Å²) < 4.78 is 26.1. The standard InChI is InChI=1S/C8H13F2N3/c1-2-4-13-5-3-12-8(13)6(11)7(9)10/h3,5-7H,2,4,11H2,1H3. The van der Waals surface area contributed by atoms with Gasteiger partial charge in [0.05, 0.1) is 0 Å². The zero-order valence-corrected chi connectivity index (χ0v) is 7.45. The number of imidazole rings is 1. The Labute approximate surface area is 75.6 Å². The quantitative estimate of drug-likeness (QED) is 0.781. The Morgan fingerprint density at radius 2 is 2.31 bits per heavy atom. The molecule has 1 aromatic rings. The normalized spacial score (nSPS) is 13.6. The van der Waals surface area contributed by atoms with Gasteiger partial charge in [0, 0.05) is 18.9 Å². The molecule has 0 fully saturated rings. The first-order valence-electron chi connectivity index (χ1n) is 4.21. The van der Waals surface area contributed by atoms with Crippen LogP contribution >= 0.6 is 0 Å². The lowest BCUT2D eigenvalue weighted by atomic mass is 10.3. The van der Waals surface area contributed by atoms with Gasteiger partial charge >= 0.3 is 0 Å². The third-order valence-electron chi connectivity index (χ3n) is 1.78. The molecule has 74 valence electrons. The number of alkyl halides is 2. The lowest BCUT2D eigenvalue weighted by Crippen LogP contribution is -2.23. The van der Waals surface area contributed by atoms with Crippen LogP contribution in [0.4, 0.5) is 8.78 Å². The first-order valence-corrected chi connectivity index (χ1v) is 4.21. The van der Waals surface area contributed by atoms with Crippen molar-refractivity contribution in [1.82, 2.24) is 9.55 Å². The summed E-state index contributed by atoms with van der Waals surface area (Å²) in [5, 5.41) is 0. The van der Waals surface area contributed by atoms with Crippen molar-refractivity contribution in [2.45, 2.75) is 32.4 Å². The molecule has 5 heteroatoms. The second-order valence-electron chi connectivity index (χ2n) is 2.84. The number of hydrogen-bond donors (Lipinski definition) is 1. The van der Waals surface area contributed by atoms with E-state index in [4.69, 9.17) is 5.73 Å². The lowest BCUT2D eigenvalue weighted by molar-refractivity contribution is 0.111. The molecule has 1 unspecified atom stereocenters. The molecule has 1 heterocycles. The van der Waals surface area contributed by atoms with Gasteiger partial charge in [-0.05, 0) is 6.42 Å². The first-order chi connectivity index (χ1) is 6.16. The van der Waals surface area contributed by atoms with E-state index in [1.165, 1.54) is 6.20 Å². The SMILES string of the molecule is CCCn1ccnc1C(N)C(F)F. The minimum atomic E-state index is -2.56. The zero-order valence-electron chi connectivity index (χ0n) is 7.45. The van der Waals surface area contributed by atoms with Crippen LogP contribution in [0, 0.1) is 0 Å². The Kier molecular flexibility index (Phi) is 3.36. The molecule has 0 aliphatic rings. The molecule has 0 amide bonds. The number of nitrogens with two attached hydrogens (primary N) is 1. The number of aromatic nitrogens is 2. The first kappa shape index (κ1) is 10.1. The largest absolute Gasteiger partial charge is 0.333 e. The van der Waals surface area contributed by atoms with Crippen LogP contribution in [0.25, 0.3) is 0 Å². The molecule has 0 saturated heterocycles. The van der Waals surface area contributed by atoms with Crippen LogP contribution in [-0.4, -0.2) is 16.0 Å². The molecule has 0 aliphatic heterocycles. The topological polar surface area (TPSA) is 43.8 Å². The predicted octanol–water partition coefficient (Wildman–Crippen LogP) is 1.56. The van der Waals surface area contributed by atoms with Gasteiger partial charge in [-0.1, -0.05) is 6.92 Å². The number of rotatable bonds is 4. The van der Waals surface area contributed by atoms with Crippen molar-refractivity contribution in [3.63, 3.8) is 0 Å². The van der Waals surface area contributed by atoms with Crippen molar-refractivity contribution in [3.8, 4) is 0 Å². The fraction of sp³-hybridized carbons (Fsp3) is 0.625. The number of aryl methyl sites for hydroxylation is 1. The molecule has 0 aliphatic carbocycles. The number of nitrogens with zero attached hydrogens (tertiary/aromatic N) is 2. The lowest BCUT2D eigenvalue weighted by Gasteiger charge is -2.12. The molecular weight excluding hydrogens is 176 g/mol. The van der Waals surface area contributed by atoms with E-state index in [1.807, 2.05) is 6.92 Å². The average Bonchev–Trinajstić information content (AvgIpc) is 2.52. The van der Waals surface area contributed by atoms with E-state index >= 15 is 0 Å². The predicted molar refractivity (Wildman–Crippen MR) is 45.5 cm³/mol. The van der Waals surface area contributed by atoms with Gasteiger partial charge in [0.2, 0.25) is 0 Å². The summed E-state index contributed by atoms with van der Waals surface area (Å²) in [6.45, 7) is 2.65. The molecule has 1 rings (SSSR count). The van der Waals surface area contributed by atoms with Crippen molar-refractivity contribution in [2.75, 3.05) is 0 Å². The van der Waals surface area contributed by atoms with E-state index < -0.39 is 12.5 Å². The van der Waals surface area contributed by atoms with Crippen molar-refractivity contribution in [1.29, 1.82) is 0 Å². The Morgan fingerprint density at radius 3 is 2.85 bits per heavy atom. The van der Waals surface area contributed by atoms with E-state index in [2.05, 4.69) is 4.98 Å². The summed E-state index contributed by atoms with van der Waals surface area (Å²) in [6, 6.07) is -1.28. The number of halogens is 2. The van der Waals surface area contributed by atoms with Crippen molar-refractivity contribution in [2.24, 2.45) is 5.73 Å². The van der Waals surface area contributed by atoms with E-state index in [9.17, 15) is 8.78 Å². The summed E-state index contributed by atoms with van der Waals surface area (Å²) in [7, 11) is 0. The minimum Gasteiger partial charge on any atom is -0.333 e. The van der Waals surface area contributed by atoms with Crippen molar-refractivity contribution < 1.29 is 8.78 Å². The second-order valence-corrected chi connectivity index (χ2v) is 2.84. The summed E-state index contributed by atoms with van der Waals surface area (Å²) in [6.07, 6.45) is 1.48. The number of hydrogen-bond acceptors (Lipinski definition) is 2. The zero-order chi connectivity index (χ0) is 9.84. The molecule has 3 nitrogen and oxygen atoms in total. The monoisotopic (exact) mass is 189 g/mol. The molecule has 0 aromatic carbocycles. The highest BCUT2D eigenvalue weighted by atomic mass is 19.3. The Balaban J connectivity index is 2.80. The third-order valence-corrected chi connectivity index (χ3v) is 1.78. The molecule has 1 aromatic heterocycles. The van der Waals surface area contributed by atoms with Crippen LogP contribution < -0.4 is 5.73 Å². The van der Waals surface area contributed by atoms with E-state index in [1.54, 1.807) is 10.8 Å². The van der Waals surface area contributed by atoms with Crippen LogP contribution in [0.3, 0.4) is 0 Å². The molecule has 13 heavy (non-hydrogen) atoms. The third kappa shape index (κ3) is 2.24. The van der Waals surface area contributed by atoms with Gasteiger partial charge in [-0.2, -0.15) is 0 Å². The molecule has 2 N–H and O–H groups in total. The second kappa shape index (κ2) is 4.32. The van der Waals surface area contributed by atoms with E-state index in [0.717, 1.165) is 6.42 Å². The minimum absolute atomic E-state index is 0.261. The van der Waals surface area contributed by atoms with E-state index in [0.29, 0.717) is 6.54 Å². The maximum Gasteiger partial charge on any atom is 0.260 e. The van der Waals surface area contributed by atoms with Crippen molar-refractivity contribution >= 4 is 0 Å². The fourth-order valence-electron chi connectivity index (χ4n) is 1.16. The van der Waals surface area contributed by atoms with Gasteiger partial charge in [-0.25, -0.2) is 13.8 Å².